The van der Waals surface area contributed by atoms with Gasteiger partial charge in [0.15, 0.2) is 5.13 Å². The van der Waals surface area contributed by atoms with Crippen LogP contribution in [0.4, 0.5) is 15.2 Å². The Hall–Kier alpha value is -1.98. The average Bonchev–Trinajstić information content (AvgIpc) is 2.86. The van der Waals surface area contributed by atoms with Gasteiger partial charge in [0.1, 0.15) is 11.6 Å². The lowest BCUT2D eigenvalue weighted by atomic mass is 10.1. The van der Waals surface area contributed by atoms with Gasteiger partial charge >= 0.3 is 0 Å². The van der Waals surface area contributed by atoms with Crippen molar-refractivity contribution >= 4 is 49.8 Å². The lowest BCUT2D eigenvalue weighted by molar-refractivity contribution is -0.116. The maximum absolute atomic E-state index is 14.0. The van der Waals surface area contributed by atoms with Gasteiger partial charge < -0.3 is 5.32 Å². The molecule has 0 amide bonds. The Balaban J connectivity index is 1.91. The molecule has 0 aliphatic heterocycles. The third-order valence-electron chi connectivity index (χ3n) is 3.11. The number of rotatable bonds is 4. The number of hydrogen-bond acceptors (Lipinski definition) is 4. The average molecular weight is 335 g/mol. The first-order valence-corrected chi connectivity index (χ1v) is 7.82. The maximum Gasteiger partial charge on any atom is 0.188 e. The molecule has 3 aromatic rings. The Morgan fingerprint density at radius 2 is 2.14 bits per heavy atom. The highest BCUT2D eigenvalue weighted by molar-refractivity contribution is 7.22. The first-order valence-electron chi connectivity index (χ1n) is 6.63. The Kier molecular flexibility index (Phi) is 4.09. The van der Waals surface area contributed by atoms with E-state index in [9.17, 15) is 9.18 Å². The number of nitrogens with zero attached hydrogens (tertiary/aromatic N) is 1. The van der Waals surface area contributed by atoms with Crippen molar-refractivity contribution < 1.29 is 9.18 Å². The molecule has 0 saturated heterocycles. The van der Waals surface area contributed by atoms with Crippen LogP contribution in [0.2, 0.25) is 5.02 Å². The van der Waals surface area contributed by atoms with Gasteiger partial charge in [0, 0.05) is 6.42 Å². The van der Waals surface area contributed by atoms with Gasteiger partial charge in [0.2, 0.25) is 0 Å². The van der Waals surface area contributed by atoms with Crippen molar-refractivity contribution in [2.75, 3.05) is 5.32 Å². The Bertz CT molecular complexity index is 829. The van der Waals surface area contributed by atoms with Crippen LogP contribution in [0.15, 0.2) is 36.4 Å². The molecule has 2 aromatic carbocycles. The third-order valence-corrected chi connectivity index (χ3v) is 4.38. The number of carbonyl (C=O) groups excluding carboxylic acids is 1. The fourth-order valence-corrected chi connectivity index (χ4v) is 3.24. The van der Waals surface area contributed by atoms with E-state index in [-0.39, 0.29) is 12.2 Å². The first kappa shape index (κ1) is 14.9. The summed E-state index contributed by atoms with van der Waals surface area (Å²) in [5.74, 6) is -0.565. The lowest BCUT2D eigenvalue weighted by Crippen LogP contribution is -2.01. The number of Topliss-reactive ketones (excluding diaryl/α,β-unsaturated/α-hetero) is 1. The molecule has 0 atom stereocenters. The van der Waals surface area contributed by atoms with Gasteiger partial charge in [-0.3, -0.25) is 4.79 Å². The SMILES string of the molecule is CC(=O)Cc1cc(Cl)c(Nc2nc3ccccc3s2)cc1F. The molecule has 0 spiro atoms. The van der Waals surface area contributed by atoms with Crippen LogP contribution >= 0.6 is 22.9 Å². The van der Waals surface area contributed by atoms with Crippen molar-refractivity contribution in [1.82, 2.24) is 4.98 Å². The largest absolute Gasteiger partial charge is 0.330 e. The molecule has 0 bridgehead atoms. The van der Waals surface area contributed by atoms with Crippen LogP contribution in [-0.2, 0) is 11.2 Å². The minimum absolute atomic E-state index is 0.0347. The predicted molar refractivity (Wildman–Crippen MR) is 88.7 cm³/mol. The van der Waals surface area contributed by atoms with Crippen LogP contribution < -0.4 is 5.32 Å². The summed E-state index contributed by atoms with van der Waals surface area (Å²) in [4.78, 5) is 15.5. The van der Waals surface area contributed by atoms with E-state index in [0.717, 1.165) is 10.2 Å². The van der Waals surface area contributed by atoms with E-state index in [2.05, 4.69) is 10.3 Å². The minimum atomic E-state index is -0.455. The van der Waals surface area contributed by atoms with Gasteiger partial charge in [-0.2, -0.15) is 0 Å². The second-order valence-corrected chi connectivity index (χ2v) is 6.35. The molecule has 1 heterocycles. The summed E-state index contributed by atoms with van der Waals surface area (Å²) >= 11 is 7.63. The van der Waals surface area contributed by atoms with Crippen molar-refractivity contribution in [3.05, 3.63) is 52.8 Å². The molecule has 1 N–H and O–H groups in total. The minimum Gasteiger partial charge on any atom is -0.330 e. The Labute approximate surface area is 135 Å². The second-order valence-electron chi connectivity index (χ2n) is 4.91. The van der Waals surface area contributed by atoms with Gasteiger partial charge in [0.25, 0.3) is 0 Å². The van der Waals surface area contributed by atoms with E-state index in [0.29, 0.717) is 21.4 Å². The van der Waals surface area contributed by atoms with Crippen molar-refractivity contribution in [1.29, 1.82) is 0 Å². The van der Waals surface area contributed by atoms with Crippen molar-refractivity contribution in [3.63, 3.8) is 0 Å². The molecular formula is C16H12ClFN2OS. The molecule has 22 heavy (non-hydrogen) atoms. The zero-order valence-corrected chi connectivity index (χ0v) is 13.3. The second kappa shape index (κ2) is 6.02. The van der Waals surface area contributed by atoms with E-state index < -0.39 is 5.82 Å². The molecule has 3 nitrogen and oxygen atoms in total. The standard InChI is InChI=1S/C16H12ClFN2OS/c1-9(21)6-10-7-11(17)14(8-12(10)18)20-16-19-13-4-2-3-5-15(13)22-16/h2-5,7-8H,6H2,1H3,(H,19,20). The van der Waals surface area contributed by atoms with E-state index in [1.165, 1.54) is 30.4 Å². The number of carbonyl (C=O) groups is 1. The van der Waals surface area contributed by atoms with Crippen LogP contribution in [-0.4, -0.2) is 10.8 Å². The number of fused-ring (bicyclic) bond motifs is 1. The van der Waals surface area contributed by atoms with Crippen LogP contribution in [0.5, 0.6) is 0 Å². The van der Waals surface area contributed by atoms with Crippen LogP contribution in [0.1, 0.15) is 12.5 Å². The van der Waals surface area contributed by atoms with E-state index in [1.807, 2.05) is 24.3 Å². The molecule has 0 aliphatic carbocycles. The highest BCUT2D eigenvalue weighted by atomic mass is 35.5. The quantitative estimate of drug-likeness (QED) is 0.733. The van der Waals surface area contributed by atoms with Crippen LogP contribution in [0.3, 0.4) is 0 Å². The van der Waals surface area contributed by atoms with Gasteiger partial charge in [0.05, 0.1) is 20.9 Å². The fraction of sp³-hybridized carbons (Fsp3) is 0.125. The van der Waals surface area contributed by atoms with Crippen molar-refractivity contribution in [3.8, 4) is 0 Å². The van der Waals surface area contributed by atoms with Crippen LogP contribution in [0.25, 0.3) is 10.2 Å². The number of anilines is 2. The first-order chi connectivity index (χ1) is 10.5. The number of nitrogens with one attached hydrogen (secondary N) is 1. The summed E-state index contributed by atoms with van der Waals surface area (Å²) in [6.45, 7) is 1.42. The molecule has 0 unspecified atom stereocenters. The highest BCUT2D eigenvalue weighted by Gasteiger charge is 2.12. The summed E-state index contributed by atoms with van der Waals surface area (Å²) in [6.07, 6.45) is 0.0347. The lowest BCUT2D eigenvalue weighted by Gasteiger charge is -2.08. The van der Waals surface area contributed by atoms with Crippen molar-refractivity contribution in [2.45, 2.75) is 13.3 Å². The van der Waals surface area contributed by atoms with Gasteiger partial charge in [-0.25, -0.2) is 9.37 Å². The van der Waals surface area contributed by atoms with Crippen molar-refractivity contribution in [2.24, 2.45) is 0 Å². The molecule has 0 aliphatic rings. The van der Waals surface area contributed by atoms with E-state index in [4.69, 9.17) is 11.6 Å². The summed E-state index contributed by atoms with van der Waals surface area (Å²) < 4.78 is 15.1. The summed E-state index contributed by atoms with van der Waals surface area (Å²) in [5, 5.41) is 4.03. The van der Waals surface area contributed by atoms with Crippen LogP contribution in [0, 0.1) is 5.82 Å². The van der Waals surface area contributed by atoms with E-state index in [1.54, 1.807) is 0 Å². The number of aromatic nitrogens is 1. The maximum atomic E-state index is 14.0. The molecule has 0 radical (unpaired) electrons. The molecule has 112 valence electrons. The third kappa shape index (κ3) is 3.10. The predicted octanol–water partition coefficient (Wildman–Crippen LogP) is 4.96. The zero-order valence-electron chi connectivity index (χ0n) is 11.7. The number of thiazole rings is 1. The molecule has 6 heteroatoms. The molecule has 3 rings (SSSR count). The molecular weight excluding hydrogens is 323 g/mol. The molecule has 0 saturated carbocycles. The molecule has 0 fully saturated rings. The van der Waals surface area contributed by atoms with Gasteiger partial charge in [-0.05, 0) is 36.8 Å². The zero-order chi connectivity index (χ0) is 15.7. The smallest absolute Gasteiger partial charge is 0.188 e. The Morgan fingerprint density at radius 3 is 2.86 bits per heavy atom. The Morgan fingerprint density at radius 1 is 1.36 bits per heavy atom. The monoisotopic (exact) mass is 334 g/mol. The highest BCUT2D eigenvalue weighted by Crippen LogP contribution is 2.32. The topological polar surface area (TPSA) is 42.0 Å². The summed E-state index contributed by atoms with van der Waals surface area (Å²) in [7, 11) is 0. The normalized spacial score (nSPS) is 10.9. The fourth-order valence-electron chi connectivity index (χ4n) is 2.13. The van der Waals surface area contributed by atoms with E-state index >= 15 is 0 Å². The van der Waals surface area contributed by atoms with Gasteiger partial charge in [-0.1, -0.05) is 35.1 Å². The molecule has 1 aromatic heterocycles. The number of ketones is 1. The van der Waals surface area contributed by atoms with Gasteiger partial charge in [-0.15, -0.1) is 0 Å². The summed E-state index contributed by atoms with van der Waals surface area (Å²) in [5.41, 5.74) is 1.61. The summed E-state index contributed by atoms with van der Waals surface area (Å²) in [6, 6.07) is 10.5. The number of hydrogen-bond donors (Lipinski definition) is 1. The number of para-hydroxylation sites is 1. The number of halogens is 2. The number of benzene rings is 2.